The van der Waals surface area contributed by atoms with Crippen LogP contribution >= 0.6 is 0 Å². The van der Waals surface area contributed by atoms with E-state index >= 15 is 0 Å². The lowest BCUT2D eigenvalue weighted by atomic mass is 9.51. The van der Waals surface area contributed by atoms with E-state index in [1.54, 1.807) is 0 Å². The second kappa shape index (κ2) is 3.53. The fraction of sp³-hybridized carbons (Fsp3) is 1.00. The third-order valence-electron chi connectivity index (χ3n) is 3.86. The van der Waals surface area contributed by atoms with E-state index in [1.165, 1.54) is 12.7 Å². The average molecular weight is 196 g/mol. The Kier molecular flexibility index (Phi) is 2.65. The summed E-state index contributed by atoms with van der Waals surface area (Å²) in [5.41, 5.74) is 0.243. The fourth-order valence-electron chi connectivity index (χ4n) is 2.72. The Morgan fingerprint density at radius 1 is 1.36 bits per heavy atom. The molecule has 1 aliphatic heterocycles. The number of fused-ring (bicyclic) bond motifs is 1. The van der Waals surface area contributed by atoms with Crippen LogP contribution in [-0.2, 0) is 4.74 Å². The zero-order valence-corrected chi connectivity index (χ0v) is 9.38. The van der Waals surface area contributed by atoms with Crippen molar-refractivity contribution in [3.63, 3.8) is 0 Å². The van der Waals surface area contributed by atoms with Gasteiger partial charge in [-0.05, 0) is 17.7 Å². The molecule has 0 aromatic rings. The Labute approximate surface area is 87.3 Å². The molecule has 2 rings (SSSR count). The monoisotopic (exact) mass is 196 g/mol. The maximum atomic E-state index is 10.4. The van der Waals surface area contributed by atoms with E-state index in [1.807, 2.05) is 0 Å². The van der Waals surface area contributed by atoms with Gasteiger partial charge in [0.25, 0.3) is 0 Å². The van der Waals surface area contributed by atoms with Crippen LogP contribution in [0.3, 0.4) is 0 Å². The highest BCUT2D eigenvalue weighted by molar-refractivity contribution is 6.38. The molecule has 0 aromatic carbocycles. The van der Waals surface area contributed by atoms with E-state index < -0.39 is 5.79 Å². The largest absolute Gasteiger partial charge is 0.366 e. The molecule has 14 heavy (non-hydrogen) atoms. The Hall–Kier alpha value is -0.0151. The van der Waals surface area contributed by atoms with Crippen LogP contribution in [-0.4, -0.2) is 24.8 Å². The summed E-state index contributed by atoms with van der Waals surface area (Å²) in [4.78, 5) is 0. The van der Waals surface area contributed by atoms with Crippen LogP contribution < -0.4 is 0 Å². The van der Waals surface area contributed by atoms with E-state index in [2.05, 4.69) is 13.8 Å². The number of hydrogen-bond donors (Lipinski definition) is 1. The van der Waals surface area contributed by atoms with Gasteiger partial charge in [0.15, 0.2) is 5.79 Å². The lowest BCUT2D eigenvalue weighted by molar-refractivity contribution is -0.226. The van der Waals surface area contributed by atoms with Crippen molar-refractivity contribution in [1.82, 2.24) is 0 Å². The average Bonchev–Trinajstić information content (AvgIpc) is 2.25. The fourth-order valence-corrected chi connectivity index (χ4v) is 2.72. The van der Waals surface area contributed by atoms with Crippen molar-refractivity contribution in [2.24, 2.45) is 5.41 Å². The van der Waals surface area contributed by atoms with Gasteiger partial charge in [0.1, 0.15) is 7.28 Å². The molecule has 1 aliphatic carbocycles. The quantitative estimate of drug-likeness (QED) is 0.600. The Balaban J connectivity index is 2.11. The molecule has 2 fully saturated rings. The van der Waals surface area contributed by atoms with Gasteiger partial charge in [-0.2, -0.15) is 0 Å². The molecule has 0 aromatic heterocycles. The molecular formula is C11H21BO2. The van der Waals surface area contributed by atoms with Crippen molar-refractivity contribution in [3.05, 3.63) is 0 Å². The van der Waals surface area contributed by atoms with Crippen molar-refractivity contribution in [3.8, 4) is 0 Å². The molecule has 1 N–H and O–H groups in total. The molecule has 1 saturated carbocycles. The van der Waals surface area contributed by atoms with Crippen LogP contribution in [0.2, 0.25) is 12.1 Å². The number of hydrogen-bond acceptors (Lipinski definition) is 2. The van der Waals surface area contributed by atoms with Crippen molar-refractivity contribution < 1.29 is 9.84 Å². The molecule has 2 aliphatic rings. The normalized spacial score (nSPS) is 42.1. The van der Waals surface area contributed by atoms with Crippen molar-refractivity contribution in [1.29, 1.82) is 0 Å². The third-order valence-corrected chi connectivity index (χ3v) is 3.86. The molecular weight excluding hydrogens is 175 g/mol. The summed E-state index contributed by atoms with van der Waals surface area (Å²) in [6.45, 7) is 5.17. The molecule has 0 amide bonds. The van der Waals surface area contributed by atoms with Crippen LogP contribution in [0.1, 0.15) is 39.5 Å². The van der Waals surface area contributed by atoms with Gasteiger partial charge in [0.2, 0.25) is 0 Å². The summed E-state index contributed by atoms with van der Waals surface area (Å²) in [6, 6.07) is 0. The van der Waals surface area contributed by atoms with Gasteiger partial charge in [-0.15, -0.1) is 0 Å². The first-order valence-electron chi connectivity index (χ1n) is 5.88. The number of aliphatic hydroxyl groups is 1. The molecule has 80 valence electrons. The molecule has 0 bridgehead atoms. The minimum absolute atomic E-state index is 0.243. The van der Waals surface area contributed by atoms with Gasteiger partial charge in [-0.1, -0.05) is 33.0 Å². The molecule has 0 radical (unpaired) electrons. The summed E-state index contributed by atoms with van der Waals surface area (Å²) in [6.07, 6.45) is 5.55. The SMILES string of the molecule is CC1(C)CBC2CCCCC2(O)OC1. The van der Waals surface area contributed by atoms with Gasteiger partial charge < -0.3 is 9.84 Å². The minimum atomic E-state index is -0.786. The van der Waals surface area contributed by atoms with Gasteiger partial charge in [0.05, 0.1) is 6.61 Å². The molecule has 2 nitrogen and oxygen atoms in total. The smallest absolute Gasteiger partial charge is 0.161 e. The lowest BCUT2D eigenvalue weighted by Crippen LogP contribution is -2.41. The van der Waals surface area contributed by atoms with E-state index in [-0.39, 0.29) is 5.41 Å². The van der Waals surface area contributed by atoms with Gasteiger partial charge in [-0.25, -0.2) is 0 Å². The Morgan fingerprint density at radius 3 is 2.93 bits per heavy atom. The maximum absolute atomic E-state index is 10.4. The summed E-state index contributed by atoms with van der Waals surface area (Å²) >= 11 is 0. The van der Waals surface area contributed by atoms with Gasteiger partial charge in [0, 0.05) is 6.42 Å². The predicted molar refractivity (Wildman–Crippen MR) is 58.9 cm³/mol. The van der Waals surface area contributed by atoms with Crippen molar-refractivity contribution in [2.75, 3.05) is 6.61 Å². The van der Waals surface area contributed by atoms with E-state index in [9.17, 15) is 5.11 Å². The zero-order valence-electron chi connectivity index (χ0n) is 9.38. The summed E-state index contributed by atoms with van der Waals surface area (Å²) in [7, 11) is 1.13. The molecule has 1 saturated heterocycles. The predicted octanol–water partition coefficient (Wildman–Crippen LogP) is 1.95. The van der Waals surface area contributed by atoms with Crippen molar-refractivity contribution in [2.45, 2.75) is 57.5 Å². The first kappa shape index (κ1) is 10.5. The maximum Gasteiger partial charge on any atom is 0.161 e. The van der Waals surface area contributed by atoms with Crippen LogP contribution in [0, 0.1) is 5.41 Å². The molecule has 0 spiro atoms. The second-order valence-corrected chi connectivity index (χ2v) is 5.78. The highest BCUT2D eigenvalue weighted by Gasteiger charge is 2.44. The molecule has 2 atom stereocenters. The standard InChI is InChI=1S/C11H21BO2/c1-10(2)7-12-9-5-3-4-6-11(9,13)14-8-10/h9,12-13H,3-8H2,1-2H3. The first-order valence-corrected chi connectivity index (χ1v) is 5.88. The van der Waals surface area contributed by atoms with E-state index in [0.717, 1.165) is 26.5 Å². The first-order chi connectivity index (χ1) is 6.52. The molecule has 2 unspecified atom stereocenters. The number of ether oxygens (including phenoxy) is 1. The van der Waals surface area contributed by atoms with Crippen molar-refractivity contribution >= 4 is 7.28 Å². The zero-order chi connectivity index (χ0) is 10.2. The van der Waals surface area contributed by atoms with E-state index in [4.69, 9.17) is 4.74 Å². The van der Waals surface area contributed by atoms with Crippen LogP contribution in [0.25, 0.3) is 0 Å². The van der Waals surface area contributed by atoms with Crippen LogP contribution in [0.5, 0.6) is 0 Å². The second-order valence-electron chi connectivity index (χ2n) is 5.78. The number of rotatable bonds is 0. The lowest BCUT2D eigenvalue weighted by Gasteiger charge is -2.38. The Morgan fingerprint density at radius 2 is 2.14 bits per heavy atom. The minimum Gasteiger partial charge on any atom is -0.366 e. The third kappa shape index (κ3) is 1.99. The van der Waals surface area contributed by atoms with Crippen LogP contribution in [0.15, 0.2) is 0 Å². The van der Waals surface area contributed by atoms with Gasteiger partial charge in [-0.3, -0.25) is 0 Å². The summed E-state index contributed by atoms with van der Waals surface area (Å²) in [5, 5.41) is 10.4. The van der Waals surface area contributed by atoms with E-state index in [0.29, 0.717) is 12.4 Å². The van der Waals surface area contributed by atoms with Gasteiger partial charge >= 0.3 is 0 Å². The van der Waals surface area contributed by atoms with Crippen LogP contribution in [0.4, 0.5) is 0 Å². The highest BCUT2D eigenvalue weighted by atomic mass is 16.6. The summed E-state index contributed by atoms with van der Waals surface area (Å²) in [5.74, 6) is -0.399. The highest BCUT2D eigenvalue weighted by Crippen LogP contribution is 2.44. The Bertz CT molecular complexity index is 217. The molecule has 1 heterocycles. The molecule has 3 heteroatoms. The summed E-state index contributed by atoms with van der Waals surface area (Å²) < 4.78 is 5.77. The topological polar surface area (TPSA) is 29.5 Å².